The van der Waals surface area contributed by atoms with Gasteiger partial charge in [-0.1, -0.05) is 19.1 Å². The lowest BCUT2D eigenvalue weighted by Crippen LogP contribution is -2.28. The van der Waals surface area contributed by atoms with E-state index in [4.69, 9.17) is 4.74 Å². The first kappa shape index (κ1) is 17.8. The van der Waals surface area contributed by atoms with Gasteiger partial charge in [-0.15, -0.1) is 0 Å². The van der Waals surface area contributed by atoms with Gasteiger partial charge in [0.2, 0.25) is 5.95 Å². The predicted molar refractivity (Wildman–Crippen MR) is 98.4 cm³/mol. The average molecular weight is 355 g/mol. The molecular weight excluding hydrogens is 334 g/mol. The first-order valence-corrected chi connectivity index (χ1v) is 8.47. The van der Waals surface area contributed by atoms with E-state index in [-0.39, 0.29) is 17.8 Å². The Bertz CT molecular complexity index is 976. The number of imidazole rings is 1. The fourth-order valence-corrected chi connectivity index (χ4v) is 2.69. The van der Waals surface area contributed by atoms with Crippen LogP contribution in [0.5, 0.6) is 0 Å². The Labute approximate surface area is 150 Å². The fourth-order valence-electron chi connectivity index (χ4n) is 2.69. The molecule has 2 aromatic heterocycles. The molecule has 26 heavy (non-hydrogen) atoms. The van der Waals surface area contributed by atoms with Crippen molar-refractivity contribution in [1.29, 1.82) is 0 Å². The summed E-state index contributed by atoms with van der Waals surface area (Å²) < 4.78 is 8.14. The van der Waals surface area contributed by atoms with Gasteiger partial charge in [0.05, 0.1) is 24.2 Å². The molecule has 1 amide bonds. The van der Waals surface area contributed by atoms with Crippen LogP contribution < -0.4 is 10.9 Å². The summed E-state index contributed by atoms with van der Waals surface area (Å²) in [5.41, 5.74) is 1.64. The van der Waals surface area contributed by atoms with E-state index in [1.54, 1.807) is 7.11 Å². The van der Waals surface area contributed by atoms with Gasteiger partial charge >= 0.3 is 0 Å². The van der Waals surface area contributed by atoms with E-state index in [2.05, 4.69) is 22.3 Å². The molecule has 0 fully saturated rings. The summed E-state index contributed by atoms with van der Waals surface area (Å²) in [5.74, 6) is 0.0540. The largest absolute Gasteiger partial charge is 0.383 e. The van der Waals surface area contributed by atoms with Crippen molar-refractivity contribution in [1.82, 2.24) is 19.3 Å². The molecular formula is C18H21N5O3. The minimum atomic E-state index is -0.413. The molecule has 2 heterocycles. The van der Waals surface area contributed by atoms with Crippen LogP contribution in [0, 0.1) is 0 Å². The van der Waals surface area contributed by atoms with Crippen LogP contribution in [0.2, 0.25) is 0 Å². The molecule has 1 aromatic carbocycles. The summed E-state index contributed by atoms with van der Waals surface area (Å²) in [6, 6.07) is 10.5. The average Bonchev–Trinajstić information content (AvgIpc) is 2.98. The maximum Gasteiger partial charge on any atom is 0.278 e. The van der Waals surface area contributed by atoms with Gasteiger partial charge in [0.25, 0.3) is 11.5 Å². The smallest absolute Gasteiger partial charge is 0.278 e. The van der Waals surface area contributed by atoms with E-state index in [0.717, 1.165) is 24.0 Å². The molecule has 1 N–H and O–H groups in total. The molecule has 0 saturated carbocycles. The second kappa shape index (κ2) is 7.92. The number of carbonyl (C=O) groups is 1. The highest BCUT2D eigenvalue weighted by Gasteiger charge is 2.15. The lowest BCUT2D eigenvalue weighted by atomic mass is 10.3. The minimum Gasteiger partial charge on any atom is -0.383 e. The van der Waals surface area contributed by atoms with Crippen LogP contribution in [0.1, 0.15) is 23.8 Å². The quantitative estimate of drug-likeness (QED) is 0.699. The van der Waals surface area contributed by atoms with Crippen molar-refractivity contribution in [2.24, 2.45) is 0 Å². The molecule has 0 saturated heterocycles. The number of carbonyl (C=O) groups excluding carboxylic acids is 1. The molecule has 3 rings (SSSR count). The number of rotatable bonds is 7. The molecule has 8 heteroatoms. The number of hydrogen-bond acceptors (Lipinski definition) is 5. The molecule has 8 nitrogen and oxygen atoms in total. The van der Waals surface area contributed by atoms with Gasteiger partial charge in [0.15, 0.2) is 0 Å². The third-order valence-corrected chi connectivity index (χ3v) is 3.93. The normalized spacial score (nSPS) is 11.0. The highest BCUT2D eigenvalue weighted by molar-refractivity contribution is 6.02. The summed E-state index contributed by atoms with van der Waals surface area (Å²) in [7, 11) is 1.54. The molecule has 0 atom stereocenters. The molecule has 3 aromatic rings. The van der Waals surface area contributed by atoms with E-state index in [1.165, 1.54) is 16.8 Å². The number of para-hydroxylation sites is 2. The Morgan fingerprint density at radius 1 is 1.19 bits per heavy atom. The summed E-state index contributed by atoms with van der Waals surface area (Å²) in [5, 5.41) is 6.92. The van der Waals surface area contributed by atoms with Crippen molar-refractivity contribution < 1.29 is 9.53 Å². The summed E-state index contributed by atoms with van der Waals surface area (Å²) in [6.45, 7) is 3.42. The van der Waals surface area contributed by atoms with Crippen LogP contribution in [0.25, 0.3) is 11.0 Å². The van der Waals surface area contributed by atoms with E-state index in [0.29, 0.717) is 12.6 Å². The molecule has 0 aliphatic carbocycles. The van der Waals surface area contributed by atoms with Crippen molar-refractivity contribution in [2.75, 3.05) is 19.0 Å². The van der Waals surface area contributed by atoms with Crippen LogP contribution in [-0.2, 0) is 17.8 Å². The van der Waals surface area contributed by atoms with Crippen molar-refractivity contribution >= 4 is 22.9 Å². The second-order valence-corrected chi connectivity index (χ2v) is 5.80. The van der Waals surface area contributed by atoms with Gasteiger partial charge < -0.3 is 9.30 Å². The molecule has 136 valence electrons. The highest BCUT2D eigenvalue weighted by atomic mass is 16.5. The number of nitrogens with one attached hydrogen (secondary N) is 1. The van der Waals surface area contributed by atoms with E-state index in [1.807, 2.05) is 28.8 Å². The van der Waals surface area contributed by atoms with E-state index >= 15 is 0 Å². The van der Waals surface area contributed by atoms with E-state index < -0.39 is 5.91 Å². The lowest BCUT2D eigenvalue weighted by Gasteiger charge is -2.09. The Balaban J connectivity index is 1.89. The number of aryl methyl sites for hydroxylation is 1. The number of fused-ring (bicyclic) bond motifs is 1. The summed E-state index contributed by atoms with van der Waals surface area (Å²) in [6.07, 6.45) is 0.906. The third kappa shape index (κ3) is 3.65. The number of methoxy groups -OCH3 is 1. The summed E-state index contributed by atoms with van der Waals surface area (Å²) >= 11 is 0. The number of anilines is 1. The van der Waals surface area contributed by atoms with Gasteiger partial charge in [-0.3, -0.25) is 14.9 Å². The first-order valence-electron chi connectivity index (χ1n) is 8.47. The Morgan fingerprint density at radius 2 is 2.00 bits per heavy atom. The van der Waals surface area contributed by atoms with Crippen molar-refractivity contribution in [3.05, 3.63) is 52.4 Å². The Morgan fingerprint density at radius 3 is 2.77 bits per heavy atom. The third-order valence-electron chi connectivity index (χ3n) is 3.93. The topological polar surface area (TPSA) is 91.0 Å². The maximum atomic E-state index is 12.6. The summed E-state index contributed by atoms with van der Waals surface area (Å²) in [4.78, 5) is 28.9. The van der Waals surface area contributed by atoms with Gasteiger partial charge in [-0.2, -0.15) is 5.10 Å². The van der Waals surface area contributed by atoms with Gasteiger partial charge in [0.1, 0.15) is 5.69 Å². The first-order chi connectivity index (χ1) is 12.6. The zero-order valence-electron chi connectivity index (χ0n) is 14.8. The van der Waals surface area contributed by atoms with Crippen molar-refractivity contribution in [2.45, 2.75) is 26.4 Å². The molecule has 0 spiro atoms. The van der Waals surface area contributed by atoms with Gasteiger partial charge in [-0.05, 0) is 24.6 Å². The molecule has 0 bridgehead atoms. The van der Waals surface area contributed by atoms with Crippen LogP contribution in [0.4, 0.5) is 5.95 Å². The minimum absolute atomic E-state index is 0.149. The maximum absolute atomic E-state index is 12.6. The van der Waals surface area contributed by atoms with Crippen LogP contribution in [0.3, 0.4) is 0 Å². The second-order valence-electron chi connectivity index (χ2n) is 5.80. The predicted octanol–water partition coefficient (Wildman–Crippen LogP) is 1.90. The lowest BCUT2D eigenvalue weighted by molar-refractivity contribution is 0.101. The van der Waals surface area contributed by atoms with Gasteiger partial charge in [-0.25, -0.2) is 9.67 Å². The zero-order chi connectivity index (χ0) is 18.5. The van der Waals surface area contributed by atoms with Gasteiger partial charge in [0, 0.05) is 19.7 Å². The molecule has 0 radical (unpaired) electrons. The Hall–Kier alpha value is -3.00. The number of benzene rings is 1. The number of aromatic nitrogens is 4. The van der Waals surface area contributed by atoms with Crippen LogP contribution in [-0.4, -0.2) is 39.0 Å². The zero-order valence-corrected chi connectivity index (χ0v) is 14.8. The number of amides is 1. The van der Waals surface area contributed by atoms with Crippen LogP contribution >= 0.6 is 0 Å². The monoisotopic (exact) mass is 355 g/mol. The molecule has 0 aliphatic rings. The standard InChI is InChI=1S/C18H21N5O3/c1-3-10-22-15-7-5-4-6-13(15)19-18(22)20-17(25)14-8-9-16(24)23(21-14)11-12-26-2/h4-9H,3,10-12H2,1-2H3,(H,19,20,25). The SMILES string of the molecule is CCCn1c(NC(=O)c2ccc(=O)n(CCOC)n2)nc2ccccc21. The van der Waals surface area contributed by atoms with Crippen molar-refractivity contribution in [3.8, 4) is 0 Å². The molecule has 0 unspecified atom stereocenters. The molecule has 0 aliphatic heterocycles. The van der Waals surface area contributed by atoms with Crippen LogP contribution in [0.15, 0.2) is 41.2 Å². The fraction of sp³-hybridized carbons (Fsp3) is 0.333. The number of nitrogens with zero attached hydrogens (tertiary/aromatic N) is 4. The number of hydrogen-bond donors (Lipinski definition) is 1. The Kier molecular flexibility index (Phi) is 5.43. The number of ether oxygens (including phenoxy) is 1. The van der Waals surface area contributed by atoms with E-state index in [9.17, 15) is 9.59 Å². The van der Waals surface area contributed by atoms with Crippen molar-refractivity contribution in [3.63, 3.8) is 0 Å². The highest BCUT2D eigenvalue weighted by Crippen LogP contribution is 2.20.